The lowest BCUT2D eigenvalue weighted by Crippen LogP contribution is -2.44. The molecule has 0 aliphatic rings. The van der Waals surface area contributed by atoms with Gasteiger partial charge in [-0.1, -0.05) is 43.1 Å². The highest BCUT2D eigenvalue weighted by Gasteiger charge is 2.24. The van der Waals surface area contributed by atoms with E-state index in [0.717, 1.165) is 5.56 Å². The SMILES string of the molecule is CC(C)C[C@@H](NC(=O)OC(C)(C)C)C(=O)CCc1ccc(Cl)c(Cl)c1. The molecule has 1 rings (SSSR count). The number of Topliss-reactive ketones (excluding diaryl/α,β-unsaturated/α-hetero) is 1. The van der Waals surface area contributed by atoms with Crippen molar-refractivity contribution >= 4 is 35.1 Å². The largest absolute Gasteiger partial charge is 0.444 e. The number of alkyl carbamates (subject to hydrolysis) is 1. The zero-order chi connectivity index (χ0) is 19.2. The van der Waals surface area contributed by atoms with Gasteiger partial charge in [-0.15, -0.1) is 0 Å². The average Bonchev–Trinajstić information content (AvgIpc) is 2.45. The number of carbonyl (C=O) groups excluding carboxylic acids is 2. The molecule has 1 amide bonds. The van der Waals surface area contributed by atoms with Gasteiger partial charge >= 0.3 is 6.09 Å². The Labute approximate surface area is 160 Å². The molecule has 0 unspecified atom stereocenters. The predicted octanol–water partition coefficient (Wildman–Crippen LogP) is 5.43. The van der Waals surface area contributed by atoms with Crippen LogP contribution in [0.4, 0.5) is 4.79 Å². The summed E-state index contributed by atoms with van der Waals surface area (Å²) in [7, 11) is 0. The highest BCUT2D eigenvalue weighted by Crippen LogP contribution is 2.23. The van der Waals surface area contributed by atoms with E-state index in [4.69, 9.17) is 27.9 Å². The molecule has 0 radical (unpaired) electrons. The van der Waals surface area contributed by atoms with E-state index in [9.17, 15) is 9.59 Å². The smallest absolute Gasteiger partial charge is 0.408 e. The maximum atomic E-state index is 12.6. The fourth-order valence-corrected chi connectivity index (χ4v) is 2.65. The van der Waals surface area contributed by atoms with Crippen LogP contribution in [0.5, 0.6) is 0 Å². The molecule has 0 aromatic heterocycles. The first-order valence-electron chi connectivity index (χ1n) is 8.44. The monoisotopic (exact) mass is 387 g/mol. The van der Waals surface area contributed by atoms with Gasteiger partial charge in [0.2, 0.25) is 0 Å². The number of ether oxygens (including phenoxy) is 1. The van der Waals surface area contributed by atoms with Crippen LogP contribution in [-0.4, -0.2) is 23.5 Å². The molecule has 4 nitrogen and oxygen atoms in total. The van der Waals surface area contributed by atoms with Crippen LogP contribution in [0.2, 0.25) is 10.0 Å². The van der Waals surface area contributed by atoms with Crippen LogP contribution >= 0.6 is 23.2 Å². The van der Waals surface area contributed by atoms with Crippen molar-refractivity contribution in [3.63, 3.8) is 0 Å². The molecule has 1 N–H and O–H groups in total. The van der Waals surface area contributed by atoms with Crippen LogP contribution in [0.1, 0.15) is 53.0 Å². The average molecular weight is 388 g/mol. The van der Waals surface area contributed by atoms with Crippen LogP contribution in [-0.2, 0) is 16.0 Å². The third-order valence-corrected chi connectivity index (χ3v) is 4.17. The summed E-state index contributed by atoms with van der Waals surface area (Å²) in [6.45, 7) is 9.38. The van der Waals surface area contributed by atoms with Gasteiger partial charge < -0.3 is 10.1 Å². The lowest BCUT2D eigenvalue weighted by Gasteiger charge is -2.24. The number of ketones is 1. The maximum absolute atomic E-state index is 12.6. The maximum Gasteiger partial charge on any atom is 0.408 e. The Hall–Kier alpha value is -1.26. The number of amides is 1. The van der Waals surface area contributed by atoms with Crippen molar-refractivity contribution in [1.29, 1.82) is 0 Å². The summed E-state index contributed by atoms with van der Waals surface area (Å²) in [6, 6.07) is 4.77. The molecule has 0 saturated carbocycles. The Kier molecular flexibility index (Phi) is 8.23. The molecule has 0 saturated heterocycles. The molecule has 0 heterocycles. The van der Waals surface area contributed by atoms with Crippen LogP contribution in [0.25, 0.3) is 0 Å². The Bertz CT molecular complexity index is 609. The van der Waals surface area contributed by atoms with Gasteiger partial charge in [-0.2, -0.15) is 0 Å². The lowest BCUT2D eigenvalue weighted by atomic mass is 9.96. The van der Waals surface area contributed by atoms with E-state index in [2.05, 4.69) is 5.32 Å². The minimum atomic E-state index is -0.602. The molecule has 6 heteroatoms. The van der Waals surface area contributed by atoms with Crippen LogP contribution in [0.3, 0.4) is 0 Å². The fraction of sp³-hybridized carbons (Fsp3) is 0.579. The number of carbonyl (C=O) groups is 2. The Balaban J connectivity index is 2.69. The zero-order valence-corrected chi connectivity index (χ0v) is 17.0. The topological polar surface area (TPSA) is 55.4 Å². The summed E-state index contributed by atoms with van der Waals surface area (Å²) in [5.74, 6) is 0.250. The van der Waals surface area contributed by atoms with E-state index in [1.165, 1.54) is 0 Å². The van der Waals surface area contributed by atoms with E-state index in [-0.39, 0.29) is 11.7 Å². The van der Waals surface area contributed by atoms with Crippen molar-refractivity contribution in [2.45, 2.75) is 65.5 Å². The van der Waals surface area contributed by atoms with Crippen LogP contribution < -0.4 is 5.32 Å². The first-order chi connectivity index (χ1) is 11.5. The number of benzene rings is 1. The minimum Gasteiger partial charge on any atom is -0.444 e. The summed E-state index contributed by atoms with van der Waals surface area (Å²) in [6.07, 6.45) is 0.853. The van der Waals surface area contributed by atoms with Crippen molar-refractivity contribution in [3.05, 3.63) is 33.8 Å². The molecule has 0 fully saturated rings. The third-order valence-electron chi connectivity index (χ3n) is 3.43. The molecule has 0 bridgehead atoms. The summed E-state index contributed by atoms with van der Waals surface area (Å²) >= 11 is 11.9. The van der Waals surface area contributed by atoms with Crippen molar-refractivity contribution in [2.75, 3.05) is 0 Å². The van der Waals surface area contributed by atoms with Crippen molar-refractivity contribution in [1.82, 2.24) is 5.32 Å². The van der Waals surface area contributed by atoms with E-state index >= 15 is 0 Å². The number of nitrogens with one attached hydrogen (secondary N) is 1. The molecular weight excluding hydrogens is 361 g/mol. The summed E-state index contributed by atoms with van der Waals surface area (Å²) < 4.78 is 5.26. The zero-order valence-electron chi connectivity index (χ0n) is 15.5. The highest BCUT2D eigenvalue weighted by atomic mass is 35.5. The fourth-order valence-electron chi connectivity index (χ4n) is 2.33. The number of aryl methyl sites for hydroxylation is 1. The molecule has 0 aliphatic carbocycles. The van der Waals surface area contributed by atoms with Crippen LogP contribution in [0, 0.1) is 5.92 Å². The van der Waals surface area contributed by atoms with E-state index in [0.29, 0.717) is 29.3 Å². The lowest BCUT2D eigenvalue weighted by molar-refractivity contribution is -0.121. The predicted molar refractivity (Wildman–Crippen MR) is 102 cm³/mol. The van der Waals surface area contributed by atoms with Gasteiger partial charge in [0.15, 0.2) is 5.78 Å². The molecule has 140 valence electrons. The van der Waals surface area contributed by atoms with Gasteiger partial charge in [0.05, 0.1) is 16.1 Å². The first-order valence-corrected chi connectivity index (χ1v) is 9.19. The Morgan fingerprint density at radius 2 is 1.80 bits per heavy atom. The molecule has 1 aromatic carbocycles. The molecule has 25 heavy (non-hydrogen) atoms. The van der Waals surface area contributed by atoms with E-state index in [1.54, 1.807) is 32.9 Å². The molecule has 1 atom stereocenters. The number of hydrogen-bond acceptors (Lipinski definition) is 3. The third kappa shape index (κ3) is 8.59. The second kappa shape index (κ2) is 9.44. The van der Waals surface area contributed by atoms with E-state index in [1.807, 2.05) is 19.9 Å². The molecule has 0 aliphatic heterocycles. The van der Waals surface area contributed by atoms with Crippen LogP contribution in [0.15, 0.2) is 18.2 Å². The van der Waals surface area contributed by atoms with Gasteiger partial charge in [-0.25, -0.2) is 4.79 Å². The number of halogens is 2. The first kappa shape index (κ1) is 21.8. The normalized spacial score (nSPS) is 12.8. The molecule has 0 spiro atoms. The number of rotatable bonds is 7. The van der Waals surface area contributed by atoms with E-state index < -0.39 is 17.7 Å². The summed E-state index contributed by atoms with van der Waals surface area (Å²) in [5.41, 5.74) is 0.332. The van der Waals surface area contributed by atoms with Gasteiger partial charge in [-0.05, 0) is 57.2 Å². The number of hydrogen-bond donors (Lipinski definition) is 1. The quantitative estimate of drug-likeness (QED) is 0.677. The Morgan fingerprint density at radius 3 is 2.32 bits per heavy atom. The summed E-state index contributed by atoms with van der Waals surface area (Å²) in [4.78, 5) is 24.6. The van der Waals surface area contributed by atoms with Gasteiger partial charge in [0, 0.05) is 6.42 Å². The van der Waals surface area contributed by atoms with Gasteiger partial charge in [0.25, 0.3) is 0 Å². The summed E-state index contributed by atoms with van der Waals surface area (Å²) in [5, 5.41) is 3.66. The highest BCUT2D eigenvalue weighted by molar-refractivity contribution is 6.42. The standard InChI is InChI=1S/C19H27Cl2NO3/c1-12(2)10-16(22-18(24)25-19(3,4)5)17(23)9-7-13-6-8-14(20)15(21)11-13/h6,8,11-12,16H,7,9-10H2,1-5H3,(H,22,24)/t16-/m1/s1. The molecular formula is C19H27Cl2NO3. The second-order valence-electron chi connectivity index (χ2n) is 7.54. The van der Waals surface area contributed by atoms with Crippen molar-refractivity contribution in [2.24, 2.45) is 5.92 Å². The van der Waals surface area contributed by atoms with Crippen molar-refractivity contribution in [3.8, 4) is 0 Å². The Morgan fingerprint density at radius 1 is 1.16 bits per heavy atom. The molecule has 1 aromatic rings. The minimum absolute atomic E-state index is 0.0226. The van der Waals surface area contributed by atoms with Crippen molar-refractivity contribution < 1.29 is 14.3 Å². The second-order valence-corrected chi connectivity index (χ2v) is 8.36. The van der Waals surface area contributed by atoms with Gasteiger partial charge in [-0.3, -0.25) is 4.79 Å². The van der Waals surface area contributed by atoms with Gasteiger partial charge in [0.1, 0.15) is 5.60 Å².